The van der Waals surface area contributed by atoms with Gasteiger partial charge in [0.2, 0.25) is 0 Å². The van der Waals surface area contributed by atoms with Gasteiger partial charge in [-0.1, -0.05) is 60.7 Å². The molecule has 0 bridgehead atoms. The molecule has 0 aliphatic carbocycles. The summed E-state index contributed by atoms with van der Waals surface area (Å²) in [7, 11) is 0. The van der Waals surface area contributed by atoms with Crippen molar-refractivity contribution >= 4 is 12.2 Å². The van der Waals surface area contributed by atoms with Crippen molar-refractivity contribution in [2.24, 2.45) is 0 Å². The van der Waals surface area contributed by atoms with E-state index in [-0.39, 0.29) is 26.3 Å². The molecule has 11 nitrogen and oxygen atoms in total. The first-order valence-corrected chi connectivity index (χ1v) is 13.7. The summed E-state index contributed by atoms with van der Waals surface area (Å²) in [6.45, 7) is 5.56. The van der Waals surface area contributed by atoms with Crippen molar-refractivity contribution in [3.05, 3.63) is 71.8 Å². The molecule has 0 aliphatic rings. The van der Waals surface area contributed by atoms with Gasteiger partial charge in [0.25, 0.3) is 0 Å². The Balaban J connectivity index is 2.05. The lowest BCUT2D eigenvalue weighted by atomic mass is 10.00. The second-order valence-corrected chi connectivity index (χ2v) is 11.3. The number of alkyl carbamates (subject to hydrolysis) is 2. The molecule has 7 N–H and O–H groups in total. The van der Waals surface area contributed by atoms with Crippen LogP contribution in [0.15, 0.2) is 60.7 Å². The van der Waals surface area contributed by atoms with Crippen LogP contribution in [-0.4, -0.2) is 94.4 Å². The summed E-state index contributed by atoms with van der Waals surface area (Å²) >= 11 is 0. The fourth-order valence-electron chi connectivity index (χ4n) is 3.89. The molecule has 4 atom stereocenters. The van der Waals surface area contributed by atoms with Crippen LogP contribution in [0.2, 0.25) is 0 Å². The van der Waals surface area contributed by atoms with Gasteiger partial charge in [-0.15, -0.1) is 0 Å². The third-order valence-electron chi connectivity index (χ3n) is 6.34. The highest BCUT2D eigenvalue weighted by Crippen LogP contribution is 2.13. The topological polar surface area (TPSA) is 170 Å². The van der Waals surface area contributed by atoms with Crippen LogP contribution in [0.5, 0.6) is 0 Å². The molecule has 11 heteroatoms. The van der Waals surface area contributed by atoms with Gasteiger partial charge in [-0.2, -0.15) is 0 Å². The number of carbonyl (C=O) groups is 2. The molecule has 41 heavy (non-hydrogen) atoms. The smallest absolute Gasteiger partial charge is 0.408 e. The number of rotatable bonds is 16. The third kappa shape index (κ3) is 12.9. The minimum Gasteiger partial charge on any atom is -0.441 e. The first-order valence-electron chi connectivity index (χ1n) is 13.7. The molecule has 228 valence electrons. The number of amides is 2. The predicted octanol–water partition coefficient (Wildman–Crippen LogP) is 1.51. The van der Waals surface area contributed by atoms with E-state index in [1.54, 1.807) is 27.7 Å². The van der Waals surface area contributed by atoms with Gasteiger partial charge in [0.1, 0.15) is 11.2 Å². The fraction of sp³-hybridized carbons (Fsp3) is 0.533. The molecule has 0 aromatic heterocycles. The molecule has 2 aromatic rings. The SMILES string of the molecule is CC(C)(CO)OC(=O)N[C@@H](Cc1ccccc1)[C@H](O)CNC[C@@H](O)[C@H](Cc1ccccc1)NC(=O)OC(C)(C)CO. The average molecular weight is 576 g/mol. The maximum Gasteiger partial charge on any atom is 0.408 e. The van der Waals surface area contributed by atoms with Gasteiger partial charge in [0.15, 0.2) is 0 Å². The van der Waals surface area contributed by atoms with Gasteiger partial charge < -0.3 is 45.9 Å². The van der Waals surface area contributed by atoms with E-state index in [0.717, 1.165) is 11.1 Å². The molecule has 0 saturated heterocycles. The number of ether oxygens (including phenoxy) is 2. The quantitative estimate of drug-likeness (QED) is 0.157. The molecule has 0 aliphatic heterocycles. The molecule has 2 rings (SSSR count). The lowest BCUT2D eigenvalue weighted by molar-refractivity contribution is -0.00810. The number of aliphatic hydroxyl groups is 4. The number of hydrogen-bond acceptors (Lipinski definition) is 9. The Hall–Kier alpha value is -3.22. The van der Waals surface area contributed by atoms with E-state index >= 15 is 0 Å². The second kappa shape index (κ2) is 16.3. The molecular formula is C30H45N3O8. The largest absolute Gasteiger partial charge is 0.441 e. The standard InChI is InChI=1S/C30H45N3O8/c1-29(2,19-34)40-27(38)32-23(15-21-11-7-5-8-12-21)25(36)17-31-18-26(37)24(16-22-13-9-6-10-14-22)33-28(39)41-30(3,4)20-35/h5-14,23-26,31,34-37H,15-20H2,1-4H3,(H,32,38)(H,33,39)/t23-,24-,25+,26+/m0/s1. The summed E-state index contributed by atoms with van der Waals surface area (Å²) in [4.78, 5) is 25.0. The molecule has 0 heterocycles. The van der Waals surface area contributed by atoms with Gasteiger partial charge in [0, 0.05) is 13.1 Å². The lowest BCUT2D eigenvalue weighted by Crippen LogP contribution is -2.53. The number of benzene rings is 2. The third-order valence-corrected chi connectivity index (χ3v) is 6.34. The normalized spacial score (nSPS) is 14.8. The Kier molecular flexibility index (Phi) is 13.5. The Morgan fingerprint density at radius 1 is 0.683 bits per heavy atom. The molecule has 0 spiro atoms. The number of nitrogens with one attached hydrogen (secondary N) is 3. The molecule has 0 fully saturated rings. The summed E-state index contributed by atoms with van der Waals surface area (Å²) < 4.78 is 10.6. The van der Waals surface area contributed by atoms with Crippen LogP contribution < -0.4 is 16.0 Å². The monoisotopic (exact) mass is 575 g/mol. The van der Waals surface area contributed by atoms with Crippen molar-refractivity contribution < 1.29 is 39.5 Å². The first-order chi connectivity index (χ1) is 19.3. The minimum absolute atomic E-state index is 0.0122. The summed E-state index contributed by atoms with van der Waals surface area (Å²) in [5.41, 5.74) is -0.420. The van der Waals surface area contributed by atoms with Crippen LogP contribution in [-0.2, 0) is 22.3 Å². The van der Waals surface area contributed by atoms with E-state index in [2.05, 4.69) is 16.0 Å². The molecule has 2 aromatic carbocycles. The Labute approximate surface area is 241 Å². The number of carbonyl (C=O) groups excluding carboxylic acids is 2. The van der Waals surface area contributed by atoms with Crippen molar-refractivity contribution in [2.75, 3.05) is 26.3 Å². The van der Waals surface area contributed by atoms with Gasteiger partial charge >= 0.3 is 12.2 Å². The average Bonchev–Trinajstić information content (AvgIpc) is 2.92. The zero-order valence-corrected chi connectivity index (χ0v) is 24.2. The Morgan fingerprint density at radius 2 is 1.02 bits per heavy atom. The van der Waals surface area contributed by atoms with Crippen molar-refractivity contribution in [1.29, 1.82) is 0 Å². The predicted molar refractivity (Wildman–Crippen MR) is 154 cm³/mol. The zero-order valence-electron chi connectivity index (χ0n) is 24.2. The lowest BCUT2D eigenvalue weighted by Gasteiger charge is -2.29. The van der Waals surface area contributed by atoms with Gasteiger partial charge in [-0.3, -0.25) is 0 Å². The van der Waals surface area contributed by atoms with Gasteiger partial charge in [-0.25, -0.2) is 9.59 Å². The summed E-state index contributed by atoms with van der Waals surface area (Å²) in [6.07, 6.45) is -3.07. The molecular weight excluding hydrogens is 530 g/mol. The molecule has 0 saturated carbocycles. The first kappa shape index (κ1) is 34.0. The highest BCUT2D eigenvalue weighted by Gasteiger charge is 2.29. The number of hydrogen-bond donors (Lipinski definition) is 7. The fourth-order valence-corrected chi connectivity index (χ4v) is 3.89. The van der Waals surface area contributed by atoms with Crippen LogP contribution in [0.25, 0.3) is 0 Å². The van der Waals surface area contributed by atoms with E-state index < -0.39 is 47.7 Å². The summed E-state index contributed by atoms with van der Waals surface area (Å²) in [5, 5.41) is 49.2. The van der Waals surface area contributed by atoms with Crippen LogP contribution in [0.3, 0.4) is 0 Å². The summed E-state index contributed by atoms with van der Waals surface area (Å²) in [6, 6.07) is 17.2. The maximum atomic E-state index is 12.5. The van der Waals surface area contributed by atoms with Crippen LogP contribution in [0.1, 0.15) is 38.8 Å². The minimum atomic E-state index is -1.09. The highest BCUT2D eigenvalue weighted by molar-refractivity contribution is 5.68. The zero-order chi connectivity index (χ0) is 30.5. The molecule has 0 radical (unpaired) electrons. The maximum absolute atomic E-state index is 12.5. The summed E-state index contributed by atoms with van der Waals surface area (Å²) in [5.74, 6) is 0. The van der Waals surface area contributed by atoms with Crippen molar-refractivity contribution in [3.8, 4) is 0 Å². The van der Waals surface area contributed by atoms with Crippen LogP contribution in [0.4, 0.5) is 9.59 Å². The van der Waals surface area contributed by atoms with Crippen molar-refractivity contribution in [1.82, 2.24) is 16.0 Å². The Morgan fingerprint density at radius 3 is 1.34 bits per heavy atom. The van der Waals surface area contributed by atoms with Crippen LogP contribution >= 0.6 is 0 Å². The van der Waals surface area contributed by atoms with Crippen molar-refractivity contribution in [2.45, 2.75) is 76.0 Å². The van der Waals surface area contributed by atoms with E-state index in [1.165, 1.54) is 0 Å². The molecule has 0 unspecified atom stereocenters. The highest BCUT2D eigenvalue weighted by atomic mass is 16.6. The van der Waals surface area contributed by atoms with E-state index in [0.29, 0.717) is 12.8 Å². The van der Waals surface area contributed by atoms with Crippen molar-refractivity contribution in [3.63, 3.8) is 0 Å². The Bertz CT molecular complexity index is 969. The second-order valence-electron chi connectivity index (χ2n) is 11.3. The van der Waals surface area contributed by atoms with E-state index in [9.17, 15) is 30.0 Å². The van der Waals surface area contributed by atoms with E-state index in [1.807, 2.05) is 60.7 Å². The molecule has 2 amide bonds. The van der Waals surface area contributed by atoms with Gasteiger partial charge in [-0.05, 0) is 51.7 Å². The van der Waals surface area contributed by atoms with E-state index in [4.69, 9.17) is 9.47 Å². The van der Waals surface area contributed by atoms with Crippen LogP contribution in [0, 0.1) is 0 Å². The van der Waals surface area contributed by atoms with Gasteiger partial charge in [0.05, 0.1) is 37.5 Å². The number of aliphatic hydroxyl groups excluding tert-OH is 4.